The number of hydrogen-bond donors (Lipinski definition) is 5. The van der Waals surface area contributed by atoms with Crippen molar-refractivity contribution in [1.29, 1.82) is 0 Å². The van der Waals surface area contributed by atoms with Crippen LogP contribution in [-0.2, 0) is 0 Å². The number of aliphatic hydroxyl groups is 1. The van der Waals surface area contributed by atoms with Gasteiger partial charge in [-0.2, -0.15) is 13.2 Å². The molecule has 2 amide bonds. The lowest BCUT2D eigenvalue weighted by Crippen LogP contribution is -2.72. The predicted octanol–water partition coefficient (Wildman–Crippen LogP) is 2.26. The van der Waals surface area contributed by atoms with E-state index in [1.54, 1.807) is 0 Å². The van der Waals surface area contributed by atoms with Crippen molar-refractivity contribution in [3.05, 3.63) is 46.2 Å². The standard InChI is InChI=1S/C16H13F3N2O5S/c17-16(18,19)15(26)11(13(24)10-2-1-5-27-10)12(20-14(25)21-15)7-3-4-8(22)9(23)6-7/h1-6,11-12,22-23,26H,(H2,20,21,25)/t11-,12+,15-/m1/s1. The first kappa shape index (κ1) is 19.0. The molecule has 27 heavy (non-hydrogen) atoms. The highest BCUT2D eigenvalue weighted by Gasteiger charge is 2.66. The fourth-order valence-corrected chi connectivity index (χ4v) is 3.63. The van der Waals surface area contributed by atoms with Crippen LogP contribution < -0.4 is 10.6 Å². The highest BCUT2D eigenvalue weighted by atomic mass is 32.1. The van der Waals surface area contributed by atoms with E-state index in [1.165, 1.54) is 22.8 Å². The second-order valence-corrected chi connectivity index (χ2v) is 6.86. The highest BCUT2D eigenvalue weighted by Crippen LogP contribution is 2.45. The topological polar surface area (TPSA) is 119 Å². The number of benzene rings is 1. The van der Waals surface area contributed by atoms with Crippen LogP contribution in [0.3, 0.4) is 0 Å². The molecule has 1 aromatic heterocycles. The summed E-state index contributed by atoms with van der Waals surface area (Å²) in [5, 5.41) is 34.5. The van der Waals surface area contributed by atoms with E-state index in [0.717, 1.165) is 29.5 Å². The number of nitrogens with one attached hydrogen (secondary N) is 2. The molecule has 3 atom stereocenters. The van der Waals surface area contributed by atoms with E-state index < -0.39 is 47.2 Å². The molecular formula is C16H13F3N2O5S. The molecule has 144 valence electrons. The van der Waals surface area contributed by atoms with Crippen molar-refractivity contribution in [3.8, 4) is 11.5 Å². The fourth-order valence-electron chi connectivity index (χ4n) is 2.92. The lowest BCUT2D eigenvalue weighted by molar-refractivity contribution is -0.287. The number of amides is 2. The zero-order valence-electron chi connectivity index (χ0n) is 13.3. The number of carbonyl (C=O) groups is 2. The molecule has 0 radical (unpaired) electrons. The molecule has 2 aromatic rings. The van der Waals surface area contributed by atoms with Gasteiger partial charge >= 0.3 is 12.2 Å². The summed E-state index contributed by atoms with van der Waals surface area (Å²) in [6, 6.07) is 2.84. The van der Waals surface area contributed by atoms with Crippen LogP contribution in [0.15, 0.2) is 35.7 Å². The van der Waals surface area contributed by atoms with Gasteiger partial charge in [0.25, 0.3) is 0 Å². The monoisotopic (exact) mass is 402 g/mol. The minimum atomic E-state index is -5.36. The number of urea groups is 1. The van der Waals surface area contributed by atoms with E-state index in [9.17, 15) is 38.1 Å². The average Bonchev–Trinajstić information content (AvgIpc) is 3.09. The quantitative estimate of drug-likeness (QED) is 0.399. The molecule has 3 rings (SSSR count). The van der Waals surface area contributed by atoms with Crippen molar-refractivity contribution in [2.75, 3.05) is 0 Å². The van der Waals surface area contributed by atoms with Gasteiger partial charge in [-0.05, 0) is 29.1 Å². The zero-order chi connectivity index (χ0) is 20.0. The third-order valence-corrected chi connectivity index (χ3v) is 5.10. The Bertz CT molecular complexity index is 887. The normalized spacial score (nSPS) is 25.6. The summed E-state index contributed by atoms with van der Waals surface area (Å²) in [4.78, 5) is 24.6. The molecule has 0 aliphatic carbocycles. The average molecular weight is 402 g/mol. The largest absolute Gasteiger partial charge is 0.504 e. The number of Topliss-reactive ketones (excluding diaryl/α,β-unsaturated/α-hetero) is 1. The van der Waals surface area contributed by atoms with Crippen molar-refractivity contribution >= 4 is 23.2 Å². The maximum absolute atomic E-state index is 13.7. The van der Waals surface area contributed by atoms with Gasteiger partial charge in [-0.15, -0.1) is 11.3 Å². The summed E-state index contributed by atoms with van der Waals surface area (Å²) in [7, 11) is 0. The zero-order valence-corrected chi connectivity index (χ0v) is 14.1. The van der Waals surface area contributed by atoms with E-state index in [1.807, 2.05) is 0 Å². The number of alkyl halides is 3. The second kappa shape index (κ2) is 6.43. The fraction of sp³-hybridized carbons (Fsp3) is 0.250. The number of thiophene rings is 1. The lowest BCUT2D eigenvalue weighted by atomic mass is 9.78. The first-order valence-electron chi connectivity index (χ1n) is 7.52. The molecule has 7 nitrogen and oxygen atoms in total. The minimum absolute atomic E-state index is 0.0476. The van der Waals surface area contributed by atoms with Crippen LogP contribution in [0.2, 0.25) is 0 Å². The van der Waals surface area contributed by atoms with Crippen LogP contribution >= 0.6 is 11.3 Å². The molecule has 5 N–H and O–H groups in total. The number of phenols is 2. The van der Waals surface area contributed by atoms with Gasteiger partial charge < -0.3 is 26.0 Å². The number of carbonyl (C=O) groups excluding carboxylic acids is 2. The Morgan fingerprint density at radius 1 is 1.19 bits per heavy atom. The summed E-state index contributed by atoms with van der Waals surface area (Å²) in [6.07, 6.45) is -5.36. The van der Waals surface area contributed by atoms with Gasteiger partial charge in [-0.1, -0.05) is 12.1 Å². The van der Waals surface area contributed by atoms with Crippen LogP contribution in [0.25, 0.3) is 0 Å². The molecule has 1 saturated heterocycles. The van der Waals surface area contributed by atoms with Crippen molar-refractivity contribution in [2.24, 2.45) is 5.92 Å². The molecule has 1 aromatic carbocycles. The molecule has 2 heterocycles. The van der Waals surface area contributed by atoms with E-state index >= 15 is 0 Å². The Kier molecular flexibility index (Phi) is 4.52. The SMILES string of the molecule is O=C1N[C@@H](c2ccc(O)c(O)c2)[C@H](C(=O)c2cccs2)[C@@](O)(C(F)(F)F)N1. The first-order valence-corrected chi connectivity index (χ1v) is 8.40. The smallest absolute Gasteiger partial charge is 0.437 e. The third kappa shape index (κ3) is 3.19. The number of ketones is 1. The van der Waals surface area contributed by atoms with Crippen molar-refractivity contribution < 1.29 is 38.1 Å². The second-order valence-electron chi connectivity index (χ2n) is 5.91. The molecule has 0 spiro atoms. The van der Waals surface area contributed by atoms with Crippen molar-refractivity contribution in [3.63, 3.8) is 0 Å². The number of phenolic OH excluding ortho intramolecular Hbond substituents is 2. The van der Waals surface area contributed by atoms with Crippen LogP contribution in [0.4, 0.5) is 18.0 Å². The molecular weight excluding hydrogens is 389 g/mol. The van der Waals surface area contributed by atoms with Crippen LogP contribution in [-0.4, -0.2) is 39.0 Å². The van der Waals surface area contributed by atoms with Gasteiger partial charge in [-0.25, -0.2) is 4.79 Å². The van der Waals surface area contributed by atoms with Gasteiger partial charge in [0, 0.05) is 0 Å². The van der Waals surface area contributed by atoms with E-state index in [0.29, 0.717) is 0 Å². The predicted molar refractivity (Wildman–Crippen MR) is 87.3 cm³/mol. The number of aromatic hydroxyl groups is 2. The summed E-state index contributed by atoms with van der Waals surface area (Å²) in [6.45, 7) is 0. The van der Waals surface area contributed by atoms with Gasteiger partial charge in [0.1, 0.15) is 5.92 Å². The van der Waals surface area contributed by atoms with Gasteiger partial charge in [0.2, 0.25) is 5.72 Å². The number of hydrogen-bond acceptors (Lipinski definition) is 6. The van der Waals surface area contributed by atoms with E-state index in [-0.39, 0.29) is 10.4 Å². The summed E-state index contributed by atoms with van der Waals surface area (Å²) in [5.41, 5.74) is -3.94. The summed E-state index contributed by atoms with van der Waals surface area (Å²) >= 11 is 0.882. The minimum Gasteiger partial charge on any atom is -0.504 e. The van der Waals surface area contributed by atoms with E-state index in [4.69, 9.17) is 0 Å². The Morgan fingerprint density at radius 3 is 2.44 bits per heavy atom. The maximum Gasteiger partial charge on any atom is 0.437 e. The number of rotatable bonds is 3. The summed E-state index contributed by atoms with van der Waals surface area (Å²) < 4.78 is 41.0. The molecule has 0 unspecified atom stereocenters. The van der Waals surface area contributed by atoms with Gasteiger partial charge in [0.15, 0.2) is 17.3 Å². The maximum atomic E-state index is 13.7. The van der Waals surface area contributed by atoms with Gasteiger partial charge in [-0.3, -0.25) is 4.79 Å². The third-order valence-electron chi connectivity index (χ3n) is 4.21. The molecule has 1 aliphatic rings. The Hall–Kier alpha value is -2.79. The van der Waals surface area contributed by atoms with Crippen molar-refractivity contribution in [2.45, 2.75) is 17.9 Å². The Morgan fingerprint density at radius 2 is 1.89 bits per heavy atom. The van der Waals surface area contributed by atoms with Gasteiger partial charge in [0.05, 0.1) is 10.9 Å². The van der Waals surface area contributed by atoms with E-state index in [2.05, 4.69) is 5.32 Å². The molecule has 0 saturated carbocycles. The Labute approximate surface area is 154 Å². The van der Waals surface area contributed by atoms with Crippen molar-refractivity contribution in [1.82, 2.24) is 10.6 Å². The first-order chi connectivity index (χ1) is 12.5. The summed E-state index contributed by atoms with van der Waals surface area (Å²) in [5.74, 6) is -4.42. The van der Waals surface area contributed by atoms with Crippen LogP contribution in [0, 0.1) is 5.92 Å². The Balaban J connectivity index is 2.17. The highest BCUT2D eigenvalue weighted by molar-refractivity contribution is 7.12. The van der Waals surface area contributed by atoms with Crippen LogP contribution in [0.5, 0.6) is 11.5 Å². The molecule has 1 aliphatic heterocycles. The molecule has 0 bridgehead atoms. The molecule has 11 heteroatoms. The van der Waals surface area contributed by atoms with Crippen LogP contribution in [0.1, 0.15) is 21.3 Å². The lowest BCUT2D eigenvalue weighted by Gasteiger charge is -2.44. The number of halogens is 3. The molecule has 1 fully saturated rings.